The van der Waals surface area contributed by atoms with Crippen molar-refractivity contribution >= 4 is 15.9 Å². The van der Waals surface area contributed by atoms with Gasteiger partial charge in [-0.25, -0.2) is 13.1 Å². The van der Waals surface area contributed by atoms with Gasteiger partial charge in [0.2, 0.25) is 15.9 Å². The minimum Gasteiger partial charge on any atom is -0.352 e. The molecule has 2 atom stereocenters. The third kappa shape index (κ3) is 4.28. The Morgan fingerprint density at radius 3 is 2.24 bits per heavy atom. The number of benzene rings is 1. The number of amides is 1. The molecule has 6 heteroatoms. The number of nitrogens with one attached hydrogen (secondary N) is 2. The molecule has 2 N–H and O–H groups in total. The third-order valence-electron chi connectivity index (χ3n) is 3.79. The summed E-state index contributed by atoms with van der Waals surface area (Å²) < 4.78 is 27.6. The summed E-state index contributed by atoms with van der Waals surface area (Å²) in [6, 6.07) is 6.40. The Morgan fingerprint density at radius 1 is 1.10 bits per heavy atom. The highest BCUT2D eigenvalue weighted by atomic mass is 32.2. The molecule has 0 saturated heterocycles. The number of sulfonamides is 1. The maximum atomic E-state index is 12.4. The van der Waals surface area contributed by atoms with Crippen molar-refractivity contribution < 1.29 is 13.2 Å². The Bertz CT molecular complexity index is 596. The van der Waals surface area contributed by atoms with Crippen molar-refractivity contribution in [1.29, 1.82) is 0 Å². The number of aryl methyl sites for hydroxylation is 1. The van der Waals surface area contributed by atoms with E-state index in [0.717, 1.165) is 31.2 Å². The predicted octanol–water partition coefficient (Wildman–Crippen LogP) is 1.72. The van der Waals surface area contributed by atoms with Crippen LogP contribution >= 0.6 is 0 Å². The van der Waals surface area contributed by atoms with E-state index in [9.17, 15) is 13.2 Å². The average molecular weight is 310 g/mol. The topological polar surface area (TPSA) is 75.3 Å². The molecule has 5 nitrogen and oxygen atoms in total. The van der Waals surface area contributed by atoms with Crippen LogP contribution in [0.3, 0.4) is 0 Å². The molecule has 0 bridgehead atoms. The molecular weight excluding hydrogens is 288 g/mol. The summed E-state index contributed by atoms with van der Waals surface area (Å²) in [6.07, 6.45) is 3.53. The molecule has 0 radical (unpaired) electrons. The molecule has 1 aromatic rings. The van der Waals surface area contributed by atoms with Gasteiger partial charge in [0, 0.05) is 19.0 Å². The van der Waals surface area contributed by atoms with E-state index in [1.807, 2.05) is 6.92 Å². The van der Waals surface area contributed by atoms with Crippen molar-refractivity contribution in [1.82, 2.24) is 10.0 Å². The Balaban J connectivity index is 2.13. The van der Waals surface area contributed by atoms with Gasteiger partial charge in [-0.15, -0.1) is 0 Å². The average Bonchev–Trinajstić information content (AvgIpc) is 2.40. The van der Waals surface area contributed by atoms with Crippen LogP contribution < -0.4 is 10.0 Å². The van der Waals surface area contributed by atoms with Gasteiger partial charge in [-0.1, -0.05) is 30.5 Å². The molecule has 0 unspecified atom stereocenters. The van der Waals surface area contributed by atoms with Crippen LogP contribution in [0.1, 0.15) is 38.2 Å². The second kappa shape index (κ2) is 6.58. The van der Waals surface area contributed by atoms with E-state index in [1.165, 1.54) is 6.92 Å². The van der Waals surface area contributed by atoms with Crippen LogP contribution in [-0.2, 0) is 14.8 Å². The van der Waals surface area contributed by atoms with Gasteiger partial charge in [-0.3, -0.25) is 4.79 Å². The van der Waals surface area contributed by atoms with Crippen LogP contribution in [0.25, 0.3) is 0 Å². The maximum Gasteiger partial charge on any atom is 0.240 e. The highest BCUT2D eigenvalue weighted by molar-refractivity contribution is 7.89. The minimum atomic E-state index is -3.55. The molecule has 1 amide bonds. The maximum absolute atomic E-state index is 12.4. The highest BCUT2D eigenvalue weighted by Gasteiger charge is 2.29. The summed E-state index contributed by atoms with van der Waals surface area (Å²) in [7, 11) is -3.55. The van der Waals surface area contributed by atoms with Gasteiger partial charge in [0.15, 0.2) is 0 Å². The van der Waals surface area contributed by atoms with Gasteiger partial charge < -0.3 is 5.32 Å². The van der Waals surface area contributed by atoms with E-state index >= 15 is 0 Å². The van der Waals surface area contributed by atoms with Crippen LogP contribution in [0.4, 0.5) is 0 Å². The molecule has 2 rings (SSSR count). The lowest BCUT2D eigenvalue weighted by Gasteiger charge is -2.32. The normalized spacial score (nSPS) is 22.8. The Kier molecular flexibility index (Phi) is 5.00. The van der Waals surface area contributed by atoms with Gasteiger partial charge in [-0.2, -0.15) is 0 Å². The van der Waals surface area contributed by atoms with Crippen molar-refractivity contribution in [2.75, 3.05) is 0 Å². The van der Waals surface area contributed by atoms with Crippen molar-refractivity contribution in [3.8, 4) is 0 Å². The fraction of sp³-hybridized carbons (Fsp3) is 0.533. The summed E-state index contributed by atoms with van der Waals surface area (Å²) in [5.41, 5.74) is 1.02. The predicted molar refractivity (Wildman–Crippen MR) is 81.4 cm³/mol. The van der Waals surface area contributed by atoms with Crippen LogP contribution in [0, 0.1) is 6.92 Å². The molecule has 1 aliphatic rings. The number of rotatable bonds is 4. The monoisotopic (exact) mass is 310 g/mol. The third-order valence-corrected chi connectivity index (χ3v) is 5.30. The summed E-state index contributed by atoms with van der Waals surface area (Å²) in [5.74, 6) is -0.124. The quantitative estimate of drug-likeness (QED) is 0.889. The van der Waals surface area contributed by atoms with E-state index in [4.69, 9.17) is 0 Å². The first kappa shape index (κ1) is 16.0. The number of hydrogen-bond acceptors (Lipinski definition) is 3. The zero-order valence-electron chi connectivity index (χ0n) is 12.4. The lowest BCUT2D eigenvalue weighted by Crippen LogP contribution is -2.52. The first-order valence-electron chi connectivity index (χ1n) is 7.24. The molecule has 0 aromatic heterocycles. The van der Waals surface area contributed by atoms with Gasteiger partial charge >= 0.3 is 0 Å². The van der Waals surface area contributed by atoms with Gasteiger partial charge in [0.1, 0.15) is 0 Å². The van der Waals surface area contributed by atoms with Gasteiger partial charge in [0.25, 0.3) is 0 Å². The van der Waals surface area contributed by atoms with E-state index < -0.39 is 10.0 Å². The fourth-order valence-corrected chi connectivity index (χ4v) is 4.00. The zero-order valence-corrected chi connectivity index (χ0v) is 13.2. The highest BCUT2D eigenvalue weighted by Crippen LogP contribution is 2.21. The Hall–Kier alpha value is -1.40. The number of carbonyl (C=O) groups is 1. The van der Waals surface area contributed by atoms with E-state index in [2.05, 4.69) is 10.0 Å². The molecule has 0 spiro atoms. The molecule has 1 saturated carbocycles. The summed E-state index contributed by atoms with van der Waals surface area (Å²) >= 11 is 0. The Morgan fingerprint density at radius 2 is 1.67 bits per heavy atom. The molecule has 0 aliphatic heterocycles. The molecule has 1 aliphatic carbocycles. The molecule has 1 fully saturated rings. The van der Waals surface area contributed by atoms with Crippen LogP contribution in [-0.4, -0.2) is 26.4 Å². The van der Waals surface area contributed by atoms with Gasteiger partial charge in [-0.05, 0) is 31.9 Å². The SMILES string of the molecule is CC(=O)N[C@@H]1CCCC[C@@H]1NS(=O)(=O)c1ccc(C)cc1. The number of hydrogen-bond donors (Lipinski definition) is 2. The lowest BCUT2D eigenvalue weighted by molar-refractivity contribution is -0.120. The molecule has 1 aromatic carbocycles. The van der Waals surface area contributed by atoms with Crippen LogP contribution in [0.2, 0.25) is 0 Å². The first-order valence-corrected chi connectivity index (χ1v) is 8.73. The number of carbonyl (C=O) groups excluding carboxylic acids is 1. The Labute approximate surface area is 126 Å². The molecule has 21 heavy (non-hydrogen) atoms. The summed E-state index contributed by atoms with van der Waals surface area (Å²) in [5, 5.41) is 2.85. The fourth-order valence-electron chi connectivity index (χ4n) is 2.69. The standard InChI is InChI=1S/C15H22N2O3S/c1-11-7-9-13(10-8-11)21(19,20)17-15-6-4-3-5-14(15)16-12(2)18/h7-10,14-15,17H,3-6H2,1-2H3,(H,16,18)/t14-,15+/m1/s1. The van der Waals surface area contributed by atoms with Crippen LogP contribution in [0.15, 0.2) is 29.2 Å². The molecular formula is C15H22N2O3S. The molecule has 116 valence electrons. The van der Waals surface area contributed by atoms with Crippen molar-refractivity contribution in [3.05, 3.63) is 29.8 Å². The first-order chi connectivity index (χ1) is 9.88. The minimum absolute atomic E-state index is 0.124. The van der Waals surface area contributed by atoms with E-state index in [-0.39, 0.29) is 22.9 Å². The molecule has 0 heterocycles. The van der Waals surface area contributed by atoms with Crippen molar-refractivity contribution in [3.63, 3.8) is 0 Å². The lowest BCUT2D eigenvalue weighted by atomic mass is 9.91. The van der Waals surface area contributed by atoms with Gasteiger partial charge in [0.05, 0.1) is 4.90 Å². The smallest absolute Gasteiger partial charge is 0.240 e. The van der Waals surface area contributed by atoms with Crippen molar-refractivity contribution in [2.45, 2.75) is 56.5 Å². The van der Waals surface area contributed by atoms with Crippen molar-refractivity contribution in [2.24, 2.45) is 0 Å². The largest absolute Gasteiger partial charge is 0.352 e. The van der Waals surface area contributed by atoms with E-state index in [1.54, 1.807) is 24.3 Å². The zero-order chi connectivity index (χ0) is 15.5. The van der Waals surface area contributed by atoms with Crippen LogP contribution in [0.5, 0.6) is 0 Å². The summed E-state index contributed by atoms with van der Waals surface area (Å²) in [6.45, 7) is 3.37. The summed E-state index contributed by atoms with van der Waals surface area (Å²) in [4.78, 5) is 11.5. The second-order valence-electron chi connectivity index (χ2n) is 5.63. The second-order valence-corrected chi connectivity index (χ2v) is 7.35. The van der Waals surface area contributed by atoms with E-state index in [0.29, 0.717) is 0 Å².